The van der Waals surface area contributed by atoms with E-state index in [0.29, 0.717) is 19.6 Å². The number of carbonyl (C=O) groups excluding carboxylic acids is 1. The van der Waals surface area contributed by atoms with Gasteiger partial charge in [0.2, 0.25) is 5.91 Å². The van der Waals surface area contributed by atoms with Gasteiger partial charge in [-0.05, 0) is 24.0 Å². The van der Waals surface area contributed by atoms with Gasteiger partial charge >= 0.3 is 0 Å². The Bertz CT molecular complexity index is 883. The number of aromatic nitrogens is 2. The summed E-state index contributed by atoms with van der Waals surface area (Å²) in [6, 6.07) is 10.2. The van der Waals surface area contributed by atoms with E-state index in [-0.39, 0.29) is 23.9 Å². The minimum Gasteiger partial charge on any atom is -0.326 e. The van der Waals surface area contributed by atoms with Crippen LogP contribution in [0.2, 0.25) is 0 Å². The van der Waals surface area contributed by atoms with Crippen molar-refractivity contribution in [3.63, 3.8) is 0 Å². The molecule has 3 heterocycles. The molecule has 0 unspecified atom stereocenters. The third-order valence-corrected chi connectivity index (χ3v) is 5.84. The first-order valence-corrected chi connectivity index (χ1v) is 9.81. The molecule has 0 spiro atoms. The smallest absolute Gasteiger partial charge is 0.229 e. The summed E-state index contributed by atoms with van der Waals surface area (Å²) in [5.41, 5.74) is 9.73. The molecule has 0 saturated carbocycles. The lowest BCUT2D eigenvalue weighted by atomic mass is 10.0. The van der Waals surface area contributed by atoms with E-state index in [9.17, 15) is 10.1 Å². The number of rotatable bonds is 4. The number of likely N-dealkylation sites (tertiary alicyclic amines) is 2. The number of benzene rings is 1. The van der Waals surface area contributed by atoms with Crippen LogP contribution in [0.15, 0.2) is 36.7 Å². The van der Waals surface area contributed by atoms with Crippen molar-refractivity contribution in [1.82, 2.24) is 19.6 Å². The zero-order chi connectivity index (χ0) is 19.7. The number of carbonyl (C=O) groups is 1. The third kappa shape index (κ3) is 3.66. The van der Waals surface area contributed by atoms with Gasteiger partial charge in [0, 0.05) is 51.0 Å². The quantitative estimate of drug-likeness (QED) is 0.867. The molecule has 4 rings (SSSR count). The molecule has 1 aromatic carbocycles. The molecule has 0 aliphatic carbocycles. The van der Waals surface area contributed by atoms with Gasteiger partial charge in [0.15, 0.2) is 0 Å². The minimum atomic E-state index is -0.284. The van der Waals surface area contributed by atoms with Crippen molar-refractivity contribution in [2.75, 3.05) is 19.6 Å². The maximum atomic E-state index is 12.9. The van der Waals surface area contributed by atoms with Crippen molar-refractivity contribution in [3.05, 3.63) is 42.2 Å². The van der Waals surface area contributed by atoms with Crippen molar-refractivity contribution < 1.29 is 4.79 Å². The molecule has 0 radical (unpaired) electrons. The highest BCUT2D eigenvalue weighted by atomic mass is 16.2. The second-order valence-corrected chi connectivity index (χ2v) is 7.88. The molecule has 2 saturated heterocycles. The van der Waals surface area contributed by atoms with Gasteiger partial charge in [-0.25, -0.2) is 0 Å². The number of nitriles is 1. The Labute approximate surface area is 165 Å². The maximum Gasteiger partial charge on any atom is 0.229 e. The fraction of sp³-hybridized carbons (Fsp3) is 0.476. The summed E-state index contributed by atoms with van der Waals surface area (Å²) in [6.07, 6.45) is 5.53. The first-order valence-electron chi connectivity index (χ1n) is 9.81. The Kier molecular flexibility index (Phi) is 5.16. The lowest BCUT2D eigenvalue weighted by Gasteiger charge is -2.25. The highest BCUT2D eigenvalue weighted by Crippen LogP contribution is 2.26. The number of nitrogens with two attached hydrogens (primary N) is 1. The predicted octanol–water partition coefficient (Wildman–Crippen LogP) is 1.36. The average molecular weight is 378 g/mol. The first-order chi connectivity index (χ1) is 13.5. The van der Waals surface area contributed by atoms with Crippen molar-refractivity contribution in [3.8, 4) is 17.2 Å². The summed E-state index contributed by atoms with van der Waals surface area (Å²) in [5, 5.41) is 13.5. The fourth-order valence-corrected chi connectivity index (χ4v) is 4.31. The zero-order valence-electron chi connectivity index (χ0n) is 16.2. The molecule has 2 aromatic rings. The van der Waals surface area contributed by atoms with Crippen LogP contribution in [-0.2, 0) is 18.4 Å². The lowest BCUT2D eigenvalue weighted by molar-refractivity contribution is -0.135. The van der Waals surface area contributed by atoms with E-state index in [1.165, 1.54) is 5.56 Å². The van der Waals surface area contributed by atoms with E-state index in [1.807, 2.05) is 19.4 Å². The van der Waals surface area contributed by atoms with Gasteiger partial charge in [-0.2, -0.15) is 10.4 Å². The molecule has 28 heavy (non-hydrogen) atoms. The van der Waals surface area contributed by atoms with E-state index in [2.05, 4.69) is 40.3 Å². The van der Waals surface area contributed by atoms with Gasteiger partial charge in [0.05, 0.1) is 18.2 Å². The summed E-state index contributed by atoms with van der Waals surface area (Å²) in [5.74, 6) is -0.172. The van der Waals surface area contributed by atoms with Crippen LogP contribution in [0.3, 0.4) is 0 Å². The zero-order valence-corrected chi connectivity index (χ0v) is 16.2. The number of aryl methyl sites for hydroxylation is 1. The predicted molar refractivity (Wildman–Crippen MR) is 106 cm³/mol. The molecule has 7 heteroatoms. The van der Waals surface area contributed by atoms with Gasteiger partial charge in [0.1, 0.15) is 6.04 Å². The monoisotopic (exact) mass is 378 g/mol. The third-order valence-electron chi connectivity index (χ3n) is 5.84. The summed E-state index contributed by atoms with van der Waals surface area (Å²) in [7, 11) is 1.91. The lowest BCUT2D eigenvalue weighted by Crippen LogP contribution is -2.45. The first kappa shape index (κ1) is 18.7. The Morgan fingerprint density at radius 2 is 2.07 bits per heavy atom. The van der Waals surface area contributed by atoms with Crippen molar-refractivity contribution in [1.29, 1.82) is 5.26 Å². The van der Waals surface area contributed by atoms with Crippen LogP contribution in [0.5, 0.6) is 0 Å². The molecule has 1 amide bonds. The van der Waals surface area contributed by atoms with E-state index >= 15 is 0 Å². The summed E-state index contributed by atoms with van der Waals surface area (Å²) in [4.78, 5) is 16.9. The second-order valence-electron chi connectivity index (χ2n) is 7.88. The molecule has 146 valence electrons. The van der Waals surface area contributed by atoms with Gasteiger partial charge in [-0.3, -0.25) is 14.4 Å². The molecule has 1 aromatic heterocycles. The average Bonchev–Trinajstić information content (AvgIpc) is 3.41. The van der Waals surface area contributed by atoms with Crippen LogP contribution in [0, 0.1) is 17.2 Å². The topological polar surface area (TPSA) is 91.2 Å². The standard InChI is InChI=1S/C21H26N6O/c1-25-12-17(10-24-25)16-6-4-15(5-7-16)11-26-13-19(20(23)14-26)21(28)27-8-2-3-18(27)9-22/h4-7,10,12,18-20H,2-3,8,11,13-14,23H2,1H3/t18-,19+,20-/m0/s1. The van der Waals surface area contributed by atoms with Crippen LogP contribution in [0.1, 0.15) is 18.4 Å². The van der Waals surface area contributed by atoms with Crippen LogP contribution < -0.4 is 5.73 Å². The van der Waals surface area contributed by atoms with Crippen LogP contribution in [0.25, 0.3) is 11.1 Å². The second kappa shape index (κ2) is 7.74. The van der Waals surface area contributed by atoms with Gasteiger partial charge < -0.3 is 10.6 Å². The number of amides is 1. The highest BCUT2D eigenvalue weighted by Gasteiger charge is 2.40. The summed E-state index contributed by atoms with van der Waals surface area (Å²) >= 11 is 0. The molecule has 7 nitrogen and oxygen atoms in total. The van der Waals surface area contributed by atoms with Gasteiger partial charge in [0.25, 0.3) is 0 Å². The number of hydrogen-bond donors (Lipinski definition) is 1. The molecule has 2 fully saturated rings. The molecule has 2 aliphatic heterocycles. The Morgan fingerprint density at radius 1 is 1.29 bits per heavy atom. The molecule has 2 aliphatic rings. The Balaban J connectivity index is 1.38. The van der Waals surface area contributed by atoms with Crippen molar-refractivity contribution in [2.45, 2.75) is 31.5 Å². The van der Waals surface area contributed by atoms with E-state index in [1.54, 1.807) is 9.58 Å². The Morgan fingerprint density at radius 3 is 2.75 bits per heavy atom. The molecule has 0 bridgehead atoms. The van der Waals surface area contributed by atoms with Gasteiger partial charge in [-0.1, -0.05) is 24.3 Å². The molecular formula is C21H26N6O. The van der Waals surface area contributed by atoms with Crippen LogP contribution in [0.4, 0.5) is 0 Å². The number of nitrogens with zero attached hydrogens (tertiary/aromatic N) is 5. The highest BCUT2D eigenvalue weighted by molar-refractivity contribution is 5.81. The SMILES string of the molecule is Cn1cc(-c2ccc(CN3C[C@H](N)[C@H](C(=O)N4CCC[C@H]4C#N)C3)cc2)cn1. The number of hydrogen-bond acceptors (Lipinski definition) is 5. The normalized spacial score (nSPS) is 25.2. The van der Waals surface area contributed by atoms with Crippen molar-refractivity contribution in [2.24, 2.45) is 18.7 Å². The van der Waals surface area contributed by atoms with Crippen LogP contribution >= 0.6 is 0 Å². The van der Waals surface area contributed by atoms with Crippen molar-refractivity contribution >= 4 is 5.91 Å². The van der Waals surface area contributed by atoms with E-state index in [0.717, 1.165) is 30.5 Å². The molecular weight excluding hydrogens is 352 g/mol. The largest absolute Gasteiger partial charge is 0.326 e. The Hall–Kier alpha value is -2.69. The van der Waals surface area contributed by atoms with Crippen LogP contribution in [-0.4, -0.2) is 57.2 Å². The molecule has 3 atom stereocenters. The molecule has 2 N–H and O–H groups in total. The summed E-state index contributed by atoms with van der Waals surface area (Å²) < 4.78 is 1.79. The van der Waals surface area contributed by atoms with Gasteiger partial charge in [-0.15, -0.1) is 0 Å². The van der Waals surface area contributed by atoms with E-state index in [4.69, 9.17) is 5.73 Å². The minimum absolute atomic E-state index is 0.0472. The fourth-order valence-electron chi connectivity index (χ4n) is 4.31. The maximum absolute atomic E-state index is 12.9. The summed E-state index contributed by atoms with van der Waals surface area (Å²) in [6.45, 7) is 2.80. The van der Waals surface area contributed by atoms with E-state index < -0.39 is 0 Å².